The first-order valence-electron chi connectivity index (χ1n) is 12.2. The fraction of sp³-hybridized carbons (Fsp3) is 0.310. The largest absolute Gasteiger partial charge is 0.493 e. The highest BCUT2D eigenvalue weighted by molar-refractivity contribution is 5.96. The molecule has 8 heteroatoms. The van der Waals surface area contributed by atoms with Crippen molar-refractivity contribution in [1.82, 2.24) is 5.32 Å². The third-order valence-electron chi connectivity index (χ3n) is 6.60. The van der Waals surface area contributed by atoms with Crippen molar-refractivity contribution in [2.45, 2.75) is 32.2 Å². The summed E-state index contributed by atoms with van der Waals surface area (Å²) < 4.78 is 31.6. The van der Waals surface area contributed by atoms with Crippen molar-refractivity contribution >= 4 is 17.7 Å². The fourth-order valence-electron chi connectivity index (χ4n) is 4.82. The first-order chi connectivity index (χ1) is 17.9. The molecule has 1 heterocycles. The Labute approximate surface area is 216 Å². The molecule has 37 heavy (non-hydrogen) atoms. The second kappa shape index (κ2) is 11.3. The van der Waals surface area contributed by atoms with Gasteiger partial charge in [0.15, 0.2) is 11.5 Å². The summed E-state index contributed by atoms with van der Waals surface area (Å²) >= 11 is 0. The van der Waals surface area contributed by atoms with Gasteiger partial charge < -0.3 is 19.5 Å². The van der Waals surface area contributed by atoms with Crippen LogP contribution in [0.1, 0.15) is 42.1 Å². The number of amides is 2. The number of carbonyl (C=O) groups excluding carboxylic acids is 2. The van der Waals surface area contributed by atoms with E-state index in [-0.39, 0.29) is 30.7 Å². The van der Waals surface area contributed by atoms with Gasteiger partial charge in [0.25, 0.3) is 5.91 Å². The molecule has 0 spiro atoms. The van der Waals surface area contributed by atoms with E-state index in [1.54, 1.807) is 42.2 Å². The van der Waals surface area contributed by atoms with Gasteiger partial charge in [-0.3, -0.25) is 9.69 Å². The Hall–Kier alpha value is -4.07. The van der Waals surface area contributed by atoms with Crippen LogP contribution in [-0.2, 0) is 4.74 Å². The van der Waals surface area contributed by atoms with E-state index in [1.165, 1.54) is 20.3 Å². The topological polar surface area (TPSA) is 77.1 Å². The molecule has 2 atom stereocenters. The summed E-state index contributed by atoms with van der Waals surface area (Å²) in [5, 5.41) is 2.90. The van der Waals surface area contributed by atoms with Crippen molar-refractivity contribution in [1.29, 1.82) is 0 Å². The van der Waals surface area contributed by atoms with E-state index in [2.05, 4.69) is 5.32 Å². The Bertz CT molecular complexity index is 1280. The number of ether oxygens (including phenoxy) is 3. The molecule has 2 amide bonds. The highest BCUT2D eigenvalue weighted by atomic mass is 19.1. The molecular formula is C29H31FN2O5. The molecule has 7 nitrogen and oxygen atoms in total. The number of hydrogen-bond acceptors (Lipinski definition) is 5. The zero-order valence-electron chi connectivity index (χ0n) is 21.4. The maximum atomic E-state index is 15.3. The minimum Gasteiger partial charge on any atom is -0.493 e. The van der Waals surface area contributed by atoms with Gasteiger partial charge in [-0.25, -0.2) is 9.18 Å². The average Bonchev–Trinajstić information content (AvgIpc) is 2.91. The lowest BCUT2D eigenvalue weighted by Gasteiger charge is -2.39. The lowest BCUT2D eigenvalue weighted by Crippen LogP contribution is -2.45. The minimum absolute atomic E-state index is 0.0223. The predicted molar refractivity (Wildman–Crippen MR) is 140 cm³/mol. The number of carbonyl (C=O) groups is 2. The zero-order valence-corrected chi connectivity index (χ0v) is 21.4. The number of rotatable bonds is 7. The molecule has 0 aromatic heterocycles. The second-order valence-electron chi connectivity index (χ2n) is 8.86. The molecule has 0 radical (unpaired) electrons. The van der Waals surface area contributed by atoms with Crippen molar-refractivity contribution in [3.8, 4) is 22.6 Å². The minimum atomic E-state index is -0.566. The SMILES string of the molecule is CCOC(=O)N1c2cc(OC)c(OC)cc2C(CNC(=O)c2cccc(-c3ccccc3)c2F)CC1C. The molecule has 0 saturated heterocycles. The highest BCUT2D eigenvalue weighted by Crippen LogP contribution is 2.44. The number of hydrogen-bond donors (Lipinski definition) is 1. The van der Waals surface area contributed by atoms with Gasteiger partial charge in [-0.15, -0.1) is 0 Å². The van der Waals surface area contributed by atoms with Crippen molar-refractivity contribution in [2.75, 3.05) is 32.3 Å². The maximum absolute atomic E-state index is 15.3. The second-order valence-corrected chi connectivity index (χ2v) is 8.86. The Morgan fingerprint density at radius 3 is 2.41 bits per heavy atom. The number of nitrogens with zero attached hydrogens (tertiary/aromatic N) is 1. The summed E-state index contributed by atoms with van der Waals surface area (Å²) in [4.78, 5) is 27.5. The molecular weight excluding hydrogens is 475 g/mol. The standard InChI is InChI=1S/C29H31FN2O5/c1-5-37-29(34)32-18(2)14-20(23-15-25(35-3)26(36-4)16-24(23)32)17-31-28(33)22-13-9-12-21(27(22)30)19-10-7-6-8-11-19/h6-13,15-16,18,20H,5,14,17H2,1-4H3,(H,31,33). The summed E-state index contributed by atoms with van der Waals surface area (Å²) in [6.45, 7) is 4.18. The number of halogens is 1. The molecule has 0 saturated carbocycles. The van der Waals surface area contributed by atoms with Crippen LogP contribution in [0.5, 0.6) is 11.5 Å². The zero-order chi connectivity index (χ0) is 26.5. The van der Waals surface area contributed by atoms with Gasteiger partial charge in [0.2, 0.25) is 0 Å². The quantitative estimate of drug-likeness (QED) is 0.440. The van der Waals surface area contributed by atoms with Crippen LogP contribution in [0.15, 0.2) is 60.7 Å². The van der Waals surface area contributed by atoms with Crippen LogP contribution in [0.4, 0.5) is 14.9 Å². The van der Waals surface area contributed by atoms with Gasteiger partial charge in [-0.1, -0.05) is 42.5 Å². The van der Waals surface area contributed by atoms with E-state index in [4.69, 9.17) is 14.2 Å². The van der Waals surface area contributed by atoms with E-state index in [0.717, 1.165) is 5.56 Å². The summed E-state index contributed by atoms with van der Waals surface area (Å²) in [6, 6.07) is 17.3. The first kappa shape index (κ1) is 26.0. The number of anilines is 1. The molecule has 3 aromatic carbocycles. The molecule has 2 unspecified atom stereocenters. The Morgan fingerprint density at radius 2 is 1.73 bits per heavy atom. The van der Waals surface area contributed by atoms with Crippen LogP contribution < -0.4 is 19.7 Å². The van der Waals surface area contributed by atoms with Crippen molar-refractivity contribution in [3.05, 3.63) is 77.6 Å². The molecule has 1 N–H and O–H groups in total. The van der Waals surface area contributed by atoms with Gasteiger partial charge >= 0.3 is 6.09 Å². The molecule has 3 aromatic rings. The number of fused-ring (bicyclic) bond motifs is 1. The Balaban J connectivity index is 1.62. The molecule has 0 aliphatic carbocycles. The normalized spacial score (nSPS) is 16.5. The highest BCUT2D eigenvalue weighted by Gasteiger charge is 2.36. The van der Waals surface area contributed by atoms with E-state index in [9.17, 15) is 9.59 Å². The third-order valence-corrected chi connectivity index (χ3v) is 6.60. The summed E-state index contributed by atoms with van der Waals surface area (Å²) in [5.41, 5.74) is 2.48. The number of benzene rings is 3. The van der Waals surface area contributed by atoms with Gasteiger partial charge in [-0.05, 0) is 43.5 Å². The van der Waals surface area contributed by atoms with Gasteiger partial charge in [0.05, 0.1) is 32.1 Å². The Kier molecular flexibility index (Phi) is 7.96. The van der Waals surface area contributed by atoms with Crippen molar-refractivity contribution < 1.29 is 28.2 Å². The van der Waals surface area contributed by atoms with E-state index < -0.39 is 17.8 Å². The average molecular weight is 507 g/mol. The van der Waals surface area contributed by atoms with Gasteiger partial charge in [0, 0.05) is 30.1 Å². The smallest absolute Gasteiger partial charge is 0.414 e. The number of methoxy groups -OCH3 is 2. The molecule has 0 bridgehead atoms. The molecule has 194 valence electrons. The van der Waals surface area contributed by atoms with Crippen molar-refractivity contribution in [2.24, 2.45) is 0 Å². The Morgan fingerprint density at radius 1 is 1.03 bits per heavy atom. The van der Waals surface area contributed by atoms with Crippen LogP contribution in [0.25, 0.3) is 11.1 Å². The van der Waals surface area contributed by atoms with Crippen LogP contribution >= 0.6 is 0 Å². The molecule has 0 fully saturated rings. The summed E-state index contributed by atoms with van der Waals surface area (Å²) in [7, 11) is 3.07. The fourth-order valence-corrected chi connectivity index (χ4v) is 4.82. The summed E-state index contributed by atoms with van der Waals surface area (Å²) in [6.07, 6.45) is 0.111. The lowest BCUT2D eigenvalue weighted by atomic mass is 9.85. The van der Waals surface area contributed by atoms with Crippen LogP contribution in [0, 0.1) is 5.82 Å². The third kappa shape index (κ3) is 5.23. The predicted octanol–water partition coefficient (Wildman–Crippen LogP) is 5.78. The summed E-state index contributed by atoms with van der Waals surface area (Å²) in [5.74, 6) is -0.231. The van der Waals surface area contributed by atoms with E-state index >= 15 is 4.39 Å². The van der Waals surface area contributed by atoms with Crippen LogP contribution in [0.3, 0.4) is 0 Å². The molecule has 1 aliphatic heterocycles. The van der Waals surface area contributed by atoms with Gasteiger partial charge in [-0.2, -0.15) is 0 Å². The lowest BCUT2D eigenvalue weighted by molar-refractivity contribution is 0.0945. The van der Waals surface area contributed by atoms with E-state index in [1.807, 2.05) is 31.2 Å². The first-order valence-corrected chi connectivity index (χ1v) is 12.2. The molecule has 4 rings (SSSR count). The van der Waals surface area contributed by atoms with Crippen LogP contribution in [-0.4, -0.2) is 45.4 Å². The van der Waals surface area contributed by atoms with Gasteiger partial charge in [0.1, 0.15) is 5.82 Å². The van der Waals surface area contributed by atoms with E-state index in [0.29, 0.717) is 34.7 Å². The van der Waals surface area contributed by atoms with Crippen LogP contribution in [0.2, 0.25) is 0 Å². The molecule has 1 aliphatic rings. The van der Waals surface area contributed by atoms with Crippen molar-refractivity contribution in [3.63, 3.8) is 0 Å². The number of nitrogens with one attached hydrogen (secondary N) is 1. The monoisotopic (exact) mass is 506 g/mol. The maximum Gasteiger partial charge on any atom is 0.414 e.